The van der Waals surface area contributed by atoms with Crippen molar-refractivity contribution < 1.29 is 9.90 Å². The third-order valence-electron chi connectivity index (χ3n) is 3.64. The number of carboxylic acid groups (broad SMARTS) is 1. The molecule has 0 radical (unpaired) electrons. The molecule has 2 heterocycles. The molecule has 1 aromatic carbocycles. The molecule has 116 valence electrons. The van der Waals surface area contributed by atoms with Crippen molar-refractivity contribution in [3.8, 4) is 16.4 Å². The Bertz CT molecular complexity index is 968. The van der Waals surface area contributed by atoms with Gasteiger partial charge in [0.2, 0.25) is 0 Å². The van der Waals surface area contributed by atoms with Gasteiger partial charge >= 0.3 is 5.97 Å². The Morgan fingerprint density at radius 2 is 1.96 bits per heavy atom. The van der Waals surface area contributed by atoms with Gasteiger partial charge in [-0.05, 0) is 13.8 Å². The van der Waals surface area contributed by atoms with Gasteiger partial charge in [-0.3, -0.25) is 4.57 Å². The summed E-state index contributed by atoms with van der Waals surface area (Å²) in [6.07, 6.45) is 5.37. The van der Waals surface area contributed by atoms with Gasteiger partial charge in [0.1, 0.15) is 0 Å². The molecule has 0 atom stereocenters. The highest BCUT2D eigenvalue weighted by atomic mass is 32.1. The van der Waals surface area contributed by atoms with Gasteiger partial charge in [0.25, 0.3) is 0 Å². The molecule has 2 aromatic heterocycles. The first-order valence-electron chi connectivity index (χ1n) is 7.24. The smallest absolute Gasteiger partial charge is 0.337 e. The lowest BCUT2D eigenvalue weighted by Gasteiger charge is -1.98. The van der Waals surface area contributed by atoms with E-state index in [4.69, 9.17) is 0 Å². The van der Waals surface area contributed by atoms with Crippen LogP contribution in [0.25, 0.3) is 28.5 Å². The van der Waals surface area contributed by atoms with Crippen molar-refractivity contribution in [3.63, 3.8) is 0 Å². The highest BCUT2D eigenvalue weighted by Gasteiger charge is 2.14. The number of aromatic nitrogens is 2. The van der Waals surface area contributed by atoms with Gasteiger partial charge in [-0.1, -0.05) is 42.5 Å². The topological polar surface area (TPSA) is 55.1 Å². The maximum atomic E-state index is 11.5. The van der Waals surface area contributed by atoms with Gasteiger partial charge < -0.3 is 5.11 Å². The summed E-state index contributed by atoms with van der Waals surface area (Å²) in [4.78, 5) is 16.1. The average molecular weight is 324 g/mol. The highest BCUT2D eigenvalue weighted by molar-refractivity contribution is 7.12. The third kappa shape index (κ3) is 2.71. The first-order chi connectivity index (χ1) is 11.2. The molecule has 23 heavy (non-hydrogen) atoms. The fraction of sp³-hybridized carbons (Fsp3) is 0.111. The minimum atomic E-state index is -0.931. The normalized spacial score (nSPS) is 12.8. The number of aromatic carboxylic acids is 1. The van der Waals surface area contributed by atoms with E-state index in [1.165, 1.54) is 11.3 Å². The van der Waals surface area contributed by atoms with E-state index >= 15 is 0 Å². The zero-order valence-corrected chi connectivity index (χ0v) is 13.7. The molecule has 0 saturated carbocycles. The van der Waals surface area contributed by atoms with Gasteiger partial charge in [-0.25, -0.2) is 9.78 Å². The second-order valence-electron chi connectivity index (χ2n) is 4.98. The van der Waals surface area contributed by atoms with E-state index in [0.717, 1.165) is 27.0 Å². The SMILES string of the molecule is CC=c1c(C(=O)O)cn(-c2nc(-c3ccccc3)cs2)c1=CC. The number of thiazole rings is 1. The van der Waals surface area contributed by atoms with Crippen LogP contribution in [0.3, 0.4) is 0 Å². The van der Waals surface area contributed by atoms with Crippen LogP contribution in [-0.2, 0) is 0 Å². The molecule has 0 unspecified atom stereocenters. The second kappa shape index (κ2) is 6.22. The quantitative estimate of drug-likeness (QED) is 0.806. The van der Waals surface area contributed by atoms with Crippen molar-refractivity contribution in [2.45, 2.75) is 13.8 Å². The summed E-state index contributed by atoms with van der Waals surface area (Å²) < 4.78 is 1.84. The Kier molecular flexibility index (Phi) is 4.12. The Hall–Kier alpha value is -2.66. The zero-order valence-electron chi connectivity index (χ0n) is 12.9. The first-order valence-corrected chi connectivity index (χ1v) is 8.12. The molecule has 0 bridgehead atoms. The van der Waals surface area contributed by atoms with Crippen molar-refractivity contribution in [2.24, 2.45) is 0 Å². The van der Waals surface area contributed by atoms with Crippen LogP contribution < -0.4 is 10.6 Å². The van der Waals surface area contributed by atoms with E-state index in [-0.39, 0.29) is 5.56 Å². The molecule has 0 aliphatic carbocycles. The predicted octanol–water partition coefficient (Wildman–Crippen LogP) is 2.90. The van der Waals surface area contributed by atoms with Gasteiger partial charge in [0, 0.05) is 22.4 Å². The molecular formula is C18H16N2O2S. The molecule has 0 aliphatic rings. The first kappa shape index (κ1) is 15.2. The summed E-state index contributed by atoms with van der Waals surface area (Å²) in [6.45, 7) is 3.74. The summed E-state index contributed by atoms with van der Waals surface area (Å²) in [6, 6.07) is 9.93. The molecule has 5 heteroatoms. The molecule has 0 aliphatic heterocycles. The zero-order chi connectivity index (χ0) is 16.4. The number of benzene rings is 1. The van der Waals surface area contributed by atoms with E-state index in [0.29, 0.717) is 0 Å². The fourth-order valence-electron chi connectivity index (χ4n) is 2.58. The van der Waals surface area contributed by atoms with Gasteiger partial charge in [0.05, 0.1) is 16.6 Å². The number of carbonyl (C=O) groups is 1. The van der Waals surface area contributed by atoms with Gasteiger partial charge in [-0.2, -0.15) is 0 Å². The summed E-state index contributed by atoms with van der Waals surface area (Å²) in [5, 5.41) is 13.7. The molecule has 3 rings (SSSR count). The van der Waals surface area contributed by atoms with Gasteiger partial charge in [0.15, 0.2) is 5.13 Å². The molecule has 3 aromatic rings. The molecule has 4 nitrogen and oxygen atoms in total. The van der Waals surface area contributed by atoms with Crippen LogP contribution in [0.1, 0.15) is 24.2 Å². The number of hydrogen-bond acceptors (Lipinski definition) is 3. The molecule has 1 N–H and O–H groups in total. The van der Waals surface area contributed by atoms with E-state index in [1.807, 2.05) is 66.3 Å². The van der Waals surface area contributed by atoms with Crippen LogP contribution in [-0.4, -0.2) is 20.6 Å². The van der Waals surface area contributed by atoms with Crippen LogP contribution in [0.4, 0.5) is 0 Å². The number of hydrogen-bond donors (Lipinski definition) is 1. The largest absolute Gasteiger partial charge is 0.478 e. The molecule has 0 amide bonds. The fourth-order valence-corrected chi connectivity index (χ4v) is 3.40. The van der Waals surface area contributed by atoms with Gasteiger partial charge in [-0.15, -0.1) is 11.3 Å². The monoisotopic (exact) mass is 324 g/mol. The van der Waals surface area contributed by atoms with Crippen LogP contribution in [0.5, 0.6) is 0 Å². The van der Waals surface area contributed by atoms with Crippen molar-refractivity contribution >= 4 is 29.5 Å². The average Bonchev–Trinajstić information content (AvgIpc) is 3.19. The molecule has 0 spiro atoms. The van der Waals surface area contributed by atoms with Crippen LogP contribution in [0.2, 0.25) is 0 Å². The number of nitrogens with zero attached hydrogens (tertiary/aromatic N) is 2. The predicted molar refractivity (Wildman–Crippen MR) is 93.4 cm³/mol. The van der Waals surface area contributed by atoms with E-state index < -0.39 is 5.97 Å². The Morgan fingerprint density at radius 1 is 1.22 bits per heavy atom. The van der Waals surface area contributed by atoms with Crippen molar-refractivity contribution in [1.29, 1.82) is 0 Å². The second-order valence-corrected chi connectivity index (χ2v) is 5.81. The van der Waals surface area contributed by atoms with Crippen molar-refractivity contribution in [3.05, 3.63) is 58.0 Å². The summed E-state index contributed by atoms with van der Waals surface area (Å²) in [7, 11) is 0. The summed E-state index contributed by atoms with van der Waals surface area (Å²) in [5.41, 5.74) is 2.22. The minimum Gasteiger partial charge on any atom is -0.478 e. The highest BCUT2D eigenvalue weighted by Crippen LogP contribution is 2.23. The lowest BCUT2D eigenvalue weighted by Crippen LogP contribution is -2.30. The Balaban J connectivity index is 2.18. The Labute approximate surface area is 137 Å². The van der Waals surface area contributed by atoms with Crippen molar-refractivity contribution in [2.75, 3.05) is 0 Å². The van der Waals surface area contributed by atoms with E-state index in [9.17, 15) is 9.90 Å². The number of carboxylic acids is 1. The molecule has 0 saturated heterocycles. The van der Waals surface area contributed by atoms with Crippen molar-refractivity contribution in [1.82, 2.24) is 9.55 Å². The maximum absolute atomic E-state index is 11.5. The summed E-state index contributed by atoms with van der Waals surface area (Å²) >= 11 is 1.50. The number of rotatable bonds is 3. The molecule has 0 fully saturated rings. The summed E-state index contributed by atoms with van der Waals surface area (Å²) in [5.74, 6) is -0.931. The lowest BCUT2D eigenvalue weighted by atomic mass is 10.2. The standard InChI is InChI=1S/C18H16N2O2S/c1-3-13-14(17(21)22)10-20(16(13)4-2)18-19-15(11-23-18)12-8-6-5-7-9-12/h3-11H,1-2H3,(H,21,22). The van der Waals surface area contributed by atoms with Crippen LogP contribution in [0.15, 0.2) is 41.9 Å². The minimum absolute atomic E-state index is 0.289. The van der Waals surface area contributed by atoms with Crippen LogP contribution in [0, 0.1) is 0 Å². The van der Waals surface area contributed by atoms with E-state index in [2.05, 4.69) is 4.98 Å². The van der Waals surface area contributed by atoms with Crippen LogP contribution >= 0.6 is 11.3 Å². The Morgan fingerprint density at radius 3 is 2.57 bits per heavy atom. The maximum Gasteiger partial charge on any atom is 0.337 e. The lowest BCUT2D eigenvalue weighted by molar-refractivity contribution is 0.0696. The molecular weight excluding hydrogens is 308 g/mol. The van der Waals surface area contributed by atoms with E-state index in [1.54, 1.807) is 6.20 Å². The third-order valence-corrected chi connectivity index (χ3v) is 4.48.